The highest BCUT2D eigenvalue weighted by Gasteiger charge is 2.20. The molecule has 0 unspecified atom stereocenters. The number of furan rings is 1. The van der Waals surface area contributed by atoms with Gasteiger partial charge in [0.1, 0.15) is 11.4 Å². The lowest BCUT2D eigenvalue weighted by Crippen LogP contribution is -2.14. The van der Waals surface area contributed by atoms with Gasteiger partial charge >= 0.3 is 0 Å². The predicted octanol–water partition coefficient (Wildman–Crippen LogP) is 5.19. The molecular weight excluding hydrogens is 392 g/mol. The lowest BCUT2D eigenvalue weighted by molar-refractivity contribution is 0.102. The SMILES string of the molecule is COc1ccc(Cl)cc1NC(=O)c1cc(-c2ccco2)nc2c1cnn2C(C)C. The van der Waals surface area contributed by atoms with Crippen molar-refractivity contribution in [3.63, 3.8) is 0 Å². The summed E-state index contributed by atoms with van der Waals surface area (Å²) in [6.07, 6.45) is 3.22. The third-order valence-corrected chi connectivity index (χ3v) is 4.72. The van der Waals surface area contributed by atoms with E-state index in [4.69, 9.17) is 20.8 Å². The van der Waals surface area contributed by atoms with E-state index in [2.05, 4.69) is 15.4 Å². The summed E-state index contributed by atoms with van der Waals surface area (Å²) in [4.78, 5) is 17.9. The van der Waals surface area contributed by atoms with E-state index >= 15 is 0 Å². The topological polar surface area (TPSA) is 82.2 Å². The van der Waals surface area contributed by atoms with Crippen LogP contribution < -0.4 is 10.1 Å². The molecule has 0 saturated carbocycles. The van der Waals surface area contributed by atoms with Crippen molar-refractivity contribution >= 4 is 34.2 Å². The molecule has 1 N–H and O–H groups in total. The van der Waals surface area contributed by atoms with Gasteiger partial charge in [-0.1, -0.05) is 11.6 Å². The minimum atomic E-state index is -0.325. The molecule has 1 amide bonds. The summed E-state index contributed by atoms with van der Waals surface area (Å²) in [5.41, 5.74) is 2.06. The molecule has 0 radical (unpaired) electrons. The fraction of sp³-hybridized carbons (Fsp3) is 0.190. The Balaban J connectivity index is 1.84. The maximum atomic E-state index is 13.2. The zero-order valence-electron chi connectivity index (χ0n) is 16.1. The van der Waals surface area contributed by atoms with Gasteiger partial charge < -0.3 is 14.5 Å². The second-order valence-electron chi connectivity index (χ2n) is 6.75. The summed E-state index contributed by atoms with van der Waals surface area (Å²) in [5, 5.41) is 8.43. The molecule has 3 heterocycles. The summed E-state index contributed by atoms with van der Waals surface area (Å²) in [6.45, 7) is 4.01. The molecule has 4 rings (SSSR count). The van der Waals surface area contributed by atoms with Crippen LogP contribution in [0.4, 0.5) is 5.69 Å². The van der Waals surface area contributed by atoms with Crippen LogP contribution in [-0.4, -0.2) is 27.8 Å². The summed E-state index contributed by atoms with van der Waals surface area (Å²) in [6, 6.07) is 10.4. The van der Waals surface area contributed by atoms with Crippen LogP contribution in [0, 0.1) is 0 Å². The summed E-state index contributed by atoms with van der Waals surface area (Å²) < 4.78 is 12.6. The number of fused-ring (bicyclic) bond motifs is 1. The van der Waals surface area contributed by atoms with Crippen molar-refractivity contribution in [2.45, 2.75) is 19.9 Å². The Hall–Kier alpha value is -3.32. The average Bonchev–Trinajstić information content (AvgIpc) is 3.37. The van der Waals surface area contributed by atoms with Crippen LogP contribution in [0.3, 0.4) is 0 Å². The number of pyridine rings is 1. The number of nitrogens with one attached hydrogen (secondary N) is 1. The molecule has 4 aromatic rings. The monoisotopic (exact) mass is 410 g/mol. The van der Waals surface area contributed by atoms with Gasteiger partial charge in [0, 0.05) is 11.1 Å². The molecule has 1 aromatic carbocycles. The standard InChI is InChI=1S/C21H19ClN4O3/c1-12(2)26-20-15(11-23-26)14(10-17(24-20)19-5-4-8-29-19)21(27)25-16-9-13(22)6-7-18(16)28-3/h4-12H,1-3H3,(H,25,27). The number of carbonyl (C=O) groups is 1. The number of aromatic nitrogens is 3. The fourth-order valence-electron chi connectivity index (χ4n) is 3.10. The van der Waals surface area contributed by atoms with Crippen molar-refractivity contribution in [3.8, 4) is 17.2 Å². The van der Waals surface area contributed by atoms with E-state index < -0.39 is 0 Å². The third-order valence-electron chi connectivity index (χ3n) is 4.48. The first-order valence-electron chi connectivity index (χ1n) is 9.05. The quantitative estimate of drug-likeness (QED) is 0.489. The average molecular weight is 411 g/mol. The number of ether oxygens (including phenoxy) is 1. The molecule has 7 nitrogen and oxygen atoms in total. The zero-order chi connectivity index (χ0) is 20.5. The molecule has 0 saturated heterocycles. The van der Waals surface area contributed by atoms with Crippen LogP contribution in [0.15, 0.2) is 53.3 Å². The molecule has 0 spiro atoms. The maximum Gasteiger partial charge on any atom is 0.256 e. The van der Waals surface area contributed by atoms with Crippen molar-refractivity contribution in [1.82, 2.24) is 14.8 Å². The zero-order valence-corrected chi connectivity index (χ0v) is 16.9. The van der Waals surface area contributed by atoms with Crippen molar-refractivity contribution in [1.29, 1.82) is 0 Å². The molecule has 3 aromatic heterocycles. The number of hydrogen-bond donors (Lipinski definition) is 1. The second kappa shape index (κ2) is 7.60. The van der Waals surface area contributed by atoms with Crippen molar-refractivity contribution in [2.75, 3.05) is 12.4 Å². The first-order valence-corrected chi connectivity index (χ1v) is 9.42. The lowest BCUT2D eigenvalue weighted by Gasteiger charge is -2.12. The Bertz CT molecular complexity index is 1180. The van der Waals surface area contributed by atoms with E-state index in [1.807, 2.05) is 13.8 Å². The molecular formula is C21H19ClN4O3. The van der Waals surface area contributed by atoms with Crippen LogP contribution in [0.2, 0.25) is 5.02 Å². The van der Waals surface area contributed by atoms with Crippen LogP contribution in [0.25, 0.3) is 22.5 Å². The van der Waals surface area contributed by atoms with Crippen LogP contribution >= 0.6 is 11.6 Å². The summed E-state index contributed by atoms with van der Waals surface area (Å²) in [7, 11) is 1.53. The summed E-state index contributed by atoms with van der Waals surface area (Å²) >= 11 is 6.09. The number of benzene rings is 1. The van der Waals surface area contributed by atoms with E-state index in [1.165, 1.54) is 7.11 Å². The van der Waals surface area contributed by atoms with Crippen molar-refractivity contribution < 1.29 is 13.9 Å². The van der Waals surface area contributed by atoms with Gasteiger partial charge in [-0.3, -0.25) is 4.79 Å². The van der Waals surface area contributed by atoms with Gasteiger partial charge in [-0.15, -0.1) is 0 Å². The third kappa shape index (κ3) is 3.56. The highest BCUT2D eigenvalue weighted by molar-refractivity contribution is 6.31. The number of nitrogens with zero attached hydrogens (tertiary/aromatic N) is 3. The number of hydrogen-bond acceptors (Lipinski definition) is 5. The number of methoxy groups -OCH3 is 1. The first kappa shape index (κ1) is 19.0. The van der Waals surface area contributed by atoms with Gasteiger partial charge in [0.05, 0.1) is 36.2 Å². The molecule has 0 fully saturated rings. The fourth-order valence-corrected chi connectivity index (χ4v) is 3.27. The van der Waals surface area contributed by atoms with Crippen LogP contribution in [0.5, 0.6) is 5.75 Å². The van der Waals surface area contributed by atoms with Crippen molar-refractivity contribution in [3.05, 3.63) is 59.4 Å². The van der Waals surface area contributed by atoms with Gasteiger partial charge in [-0.25, -0.2) is 9.67 Å². The Kier molecular flexibility index (Phi) is 4.98. The smallest absolute Gasteiger partial charge is 0.256 e. The normalized spacial score (nSPS) is 11.2. The second-order valence-corrected chi connectivity index (χ2v) is 7.19. The number of halogens is 1. The number of amides is 1. The van der Waals surface area contributed by atoms with E-state index in [9.17, 15) is 4.79 Å². The Morgan fingerprint density at radius 2 is 2.10 bits per heavy atom. The molecule has 0 aliphatic carbocycles. The van der Waals surface area contributed by atoms with Gasteiger partial charge in [-0.05, 0) is 50.2 Å². The number of anilines is 1. The van der Waals surface area contributed by atoms with E-state index in [0.717, 1.165) is 0 Å². The first-order chi connectivity index (χ1) is 14.0. The maximum absolute atomic E-state index is 13.2. The molecule has 0 aliphatic heterocycles. The number of carbonyl (C=O) groups excluding carboxylic acids is 1. The van der Waals surface area contributed by atoms with Gasteiger partial charge in [0.15, 0.2) is 11.4 Å². The largest absolute Gasteiger partial charge is 0.495 e. The molecule has 29 heavy (non-hydrogen) atoms. The van der Waals surface area contributed by atoms with Gasteiger partial charge in [0.2, 0.25) is 0 Å². The molecule has 0 aliphatic rings. The van der Waals surface area contributed by atoms with Crippen LogP contribution in [-0.2, 0) is 0 Å². The van der Waals surface area contributed by atoms with Crippen LogP contribution in [0.1, 0.15) is 30.2 Å². The minimum absolute atomic E-state index is 0.0794. The summed E-state index contributed by atoms with van der Waals surface area (Å²) in [5.74, 6) is 0.754. The molecule has 148 valence electrons. The van der Waals surface area contributed by atoms with E-state index in [1.54, 1.807) is 53.5 Å². The highest BCUT2D eigenvalue weighted by Crippen LogP contribution is 2.30. The minimum Gasteiger partial charge on any atom is -0.495 e. The molecule has 0 bridgehead atoms. The van der Waals surface area contributed by atoms with E-state index in [0.29, 0.717) is 44.5 Å². The Morgan fingerprint density at radius 1 is 1.28 bits per heavy atom. The van der Waals surface area contributed by atoms with Gasteiger partial charge in [-0.2, -0.15) is 5.10 Å². The Labute approximate surface area is 172 Å². The Morgan fingerprint density at radius 3 is 2.79 bits per heavy atom. The molecule has 0 atom stereocenters. The van der Waals surface area contributed by atoms with Crippen molar-refractivity contribution in [2.24, 2.45) is 0 Å². The lowest BCUT2D eigenvalue weighted by atomic mass is 10.1. The van der Waals surface area contributed by atoms with Gasteiger partial charge in [0.25, 0.3) is 5.91 Å². The predicted molar refractivity (Wildman–Crippen MR) is 112 cm³/mol. The highest BCUT2D eigenvalue weighted by atomic mass is 35.5. The molecule has 8 heteroatoms. The van der Waals surface area contributed by atoms with E-state index in [-0.39, 0.29) is 11.9 Å². The number of rotatable bonds is 5.